The summed E-state index contributed by atoms with van der Waals surface area (Å²) in [6.45, 7) is 0. The molecule has 2 rings (SSSR count). The van der Waals surface area contributed by atoms with Crippen molar-refractivity contribution in [1.29, 1.82) is 0 Å². The quantitative estimate of drug-likeness (QED) is 0.851. The van der Waals surface area contributed by atoms with E-state index in [1.165, 1.54) is 16.9 Å². The van der Waals surface area contributed by atoms with E-state index in [2.05, 4.69) is 5.10 Å². The van der Waals surface area contributed by atoms with Crippen LogP contribution in [0.1, 0.15) is 10.5 Å². The highest BCUT2D eigenvalue weighted by Gasteiger charge is 2.11. The van der Waals surface area contributed by atoms with Gasteiger partial charge in [0.25, 0.3) is 0 Å². The molecular formula is C12H10N2O3S. The van der Waals surface area contributed by atoms with Crippen LogP contribution in [0.4, 0.5) is 0 Å². The molecule has 1 heterocycles. The van der Waals surface area contributed by atoms with Crippen LogP contribution in [-0.2, 0) is 0 Å². The summed E-state index contributed by atoms with van der Waals surface area (Å²) in [7, 11) is 0. The van der Waals surface area contributed by atoms with E-state index in [9.17, 15) is 9.59 Å². The molecule has 0 saturated heterocycles. The first-order valence-corrected chi connectivity index (χ1v) is 6.32. The van der Waals surface area contributed by atoms with Gasteiger partial charge < -0.3 is 5.11 Å². The first-order valence-electron chi connectivity index (χ1n) is 5.09. The Balaban J connectivity index is 2.54. The van der Waals surface area contributed by atoms with Crippen LogP contribution in [0.25, 0.3) is 5.69 Å². The van der Waals surface area contributed by atoms with Crippen LogP contribution < -0.4 is 5.43 Å². The van der Waals surface area contributed by atoms with Crippen LogP contribution in [0.3, 0.4) is 0 Å². The molecule has 1 aromatic carbocycles. The van der Waals surface area contributed by atoms with E-state index in [1.807, 2.05) is 24.5 Å². The molecule has 0 aliphatic carbocycles. The van der Waals surface area contributed by atoms with Gasteiger partial charge >= 0.3 is 5.97 Å². The minimum atomic E-state index is -1.32. The Bertz CT molecular complexity index is 652. The van der Waals surface area contributed by atoms with E-state index in [0.29, 0.717) is 5.69 Å². The van der Waals surface area contributed by atoms with Crippen molar-refractivity contribution in [3.63, 3.8) is 0 Å². The van der Waals surface area contributed by atoms with Crippen LogP contribution in [0, 0.1) is 0 Å². The summed E-state index contributed by atoms with van der Waals surface area (Å²) in [6, 6.07) is 8.65. The minimum Gasteiger partial charge on any atom is -0.476 e. The molecule has 0 saturated carbocycles. The molecule has 6 heteroatoms. The molecule has 18 heavy (non-hydrogen) atoms. The Morgan fingerprint density at radius 2 is 2.17 bits per heavy atom. The molecule has 0 fully saturated rings. The molecule has 0 bridgehead atoms. The van der Waals surface area contributed by atoms with Crippen molar-refractivity contribution in [2.45, 2.75) is 4.90 Å². The maximum absolute atomic E-state index is 11.3. The number of aromatic nitrogens is 2. The van der Waals surface area contributed by atoms with Crippen molar-refractivity contribution in [2.75, 3.05) is 6.26 Å². The smallest absolute Gasteiger partial charge is 0.360 e. The molecule has 0 spiro atoms. The number of carboxylic acid groups (broad SMARTS) is 1. The van der Waals surface area contributed by atoms with Crippen molar-refractivity contribution < 1.29 is 9.90 Å². The van der Waals surface area contributed by atoms with Crippen molar-refractivity contribution in [3.8, 4) is 5.69 Å². The van der Waals surface area contributed by atoms with Gasteiger partial charge in [0.1, 0.15) is 0 Å². The van der Waals surface area contributed by atoms with Crippen LogP contribution in [0.15, 0.2) is 46.2 Å². The van der Waals surface area contributed by atoms with Gasteiger partial charge in [-0.1, -0.05) is 6.07 Å². The molecule has 92 valence electrons. The molecule has 5 nitrogen and oxygen atoms in total. The van der Waals surface area contributed by atoms with Crippen molar-refractivity contribution in [3.05, 3.63) is 52.4 Å². The van der Waals surface area contributed by atoms with Crippen LogP contribution in [0.2, 0.25) is 0 Å². The van der Waals surface area contributed by atoms with E-state index in [0.717, 1.165) is 4.90 Å². The lowest BCUT2D eigenvalue weighted by atomic mass is 10.3. The Morgan fingerprint density at radius 3 is 2.83 bits per heavy atom. The first kappa shape index (κ1) is 12.4. The van der Waals surface area contributed by atoms with Crippen molar-refractivity contribution in [2.24, 2.45) is 0 Å². The van der Waals surface area contributed by atoms with Crippen LogP contribution in [0.5, 0.6) is 0 Å². The largest absolute Gasteiger partial charge is 0.476 e. The van der Waals surface area contributed by atoms with Gasteiger partial charge in [-0.15, -0.1) is 11.8 Å². The molecule has 0 amide bonds. The van der Waals surface area contributed by atoms with Crippen LogP contribution >= 0.6 is 11.8 Å². The second-order valence-corrected chi connectivity index (χ2v) is 4.36. The minimum absolute atomic E-state index is 0.480. The molecule has 1 aromatic heterocycles. The zero-order chi connectivity index (χ0) is 13.1. The summed E-state index contributed by atoms with van der Waals surface area (Å²) in [5.74, 6) is -1.32. The topological polar surface area (TPSA) is 72.2 Å². The predicted octanol–water partition coefficient (Wildman–Crippen LogP) is 1.65. The van der Waals surface area contributed by atoms with E-state index in [1.54, 1.807) is 17.8 Å². The van der Waals surface area contributed by atoms with Gasteiger partial charge in [-0.3, -0.25) is 4.79 Å². The number of aromatic carboxylic acids is 1. The van der Waals surface area contributed by atoms with Crippen LogP contribution in [-0.4, -0.2) is 27.1 Å². The molecule has 1 N–H and O–H groups in total. The summed E-state index contributed by atoms with van der Waals surface area (Å²) in [6.07, 6.45) is 3.40. The van der Waals surface area contributed by atoms with Gasteiger partial charge in [-0.25, -0.2) is 9.48 Å². The lowest BCUT2D eigenvalue weighted by Crippen LogP contribution is -2.20. The Labute approximate surface area is 107 Å². The monoisotopic (exact) mass is 262 g/mol. The fraction of sp³-hybridized carbons (Fsp3) is 0.0833. The van der Waals surface area contributed by atoms with Gasteiger partial charge in [-0.2, -0.15) is 5.10 Å². The number of nitrogens with zero attached hydrogens (tertiary/aromatic N) is 2. The van der Waals surface area contributed by atoms with Gasteiger partial charge in [-0.05, 0) is 24.5 Å². The third-order valence-corrected chi connectivity index (χ3v) is 3.05. The van der Waals surface area contributed by atoms with E-state index >= 15 is 0 Å². The standard InChI is InChI=1S/C12H10N2O3S/c1-18-9-4-2-3-8(7-9)14-6-5-10(15)11(13-14)12(16)17/h2-7H,1H3,(H,16,17). The average molecular weight is 262 g/mol. The molecule has 2 aromatic rings. The highest BCUT2D eigenvalue weighted by atomic mass is 32.2. The normalized spacial score (nSPS) is 10.3. The third kappa shape index (κ3) is 2.43. The van der Waals surface area contributed by atoms with Gasteiger partial charge in [0, 0.05) is 17.2 Å². The summed E-state index contributed by atoms with van der Waals surface area (Å²) < 4.78 is 1.38. The molecule has 0 atom stereocenters. The van der Waals surface area contributed by atoms with Gasteiger partial charge in [0.2, 0.25) is 11.1 Å². The molecule has 0 unspecified atom stereocenters. The summed E-state index contributed by atoms with van der Waals surface area (Å²) in [4.78, 5) is 23.2. The summed E-state index contributed by atoms with van der Waals surface area (Å²) >= 11 is 1.57. The fourth-order valence-corrected chi connectivity index (χ4v) is 1.91. The number of thioether (sulfide) groups is 1. The number of carboxylic acids is 1. The SMILES string of the molecule is CSc1cccc(-n2ccc(=O)c(C(=O)O)n2)c1. The number of benzene rings is 1. The maximum Gasteiger partial charge on any atom is 0.360 e. The lowest BCUT2D eigenvalue weighted by molar-refractivity contribution is 0.0687. The van der Waals surface area contributed by atoms with Gasteiger partial charge in [0.05, 0.1) is 5.69 Å². The Morgan fingerprint density at radius 1 is 1.39 bits per heavy atom. The second-order valence-electron chi connectivity index (χ2n) is 3.48. The number of carbonyl (C=O) groups is 1. The Kier molecular flexibility index (Phi) is 3.47. The van der Waals surface area contributed by atoms with E-state index < -0.39 is 17.1 Å². The molecule has 0 radical (unpaired) electrons. The lowest BCUT2D eigenvalue weighted by Gasteiger charge is -2.06. The summed E-state index contributed by atoms with van der Waals surface area (Å²) in [5.41, 5.74) is -0.365. The number of rotatable bonds is 3. The molecule has 0 aliphatic rings. The highest BCUT2D eigenvalue weighted by Crippen LogP contribution is 2.17. The maximum atomic E-state index is 11.3. The van der Waals surface area contributed by atoms with Gasteiger partial charge in [0.15, 0.2) is 0 Å². The van der Waals surface area contributed by atoms with E-state index in [4.69, 9.17) is 5.11 Å². The number of hydrogen-bond acceptors (Lipinski definition) is 4. The second kappa shape index (κ2) is 5.05. The summed E-state index contributed by atoms with van der Waals surface area (Å²) in [5, 5.41) is 12.7. The Hall–Kier alpha value is -2.08. The first-order chi connectivity index (χ1) is 8.61. The molecule has 0 aliphatic heterocycles. The number of hydrogen-bond donors (Lipinski definition) is 1. The van der Waals surface area contributed by atoms with E-state index in [-0.39, 0.29) is 0 Å². The third-order valence-electron chi connectivity index (χ3n) is 2.33. The highest BCUT2D eigenvalue weighted by molar-refractivity contribution is 7.98. The fourth-order valence-electron chi connectivity index (χ4n) is 1.45. The van der Waals surface area contributed by atoms with Crippen molar-refractivity contribution >= 4 is 17.7 Å². The average Bonchev–Trinajstić information content (AvgIpc) is 2.39. The molecular weight excluding hydrogens is 252 g/mol. The predicted molar refractivity (Wildman–Crippen MR) is 68.6 cm³/mol. The van der Waals surface area contributed by atoms with Crippen molar-refractivity contribution in [1.82, 2.24) is 9.78 Å². The zero-order valence-electron chi connectivity index (χ0n) is 9.53. The zero-order valence-corrected chi connectivity index (χ0v) is 10.3.